The number of hydrogen-bond donors (Lipinski definition) is 1. The van der Waals surface area contributed by atoms with E-state index in [0.717, 1.165) is 41.0 Å². The minimum atomic E-state index is -0.284. The second kappa shape index (κ2) is 8.61. The number of anilines is 1. The molecule has 3 heterocycles. The third kappa shape index (κ3) is 4.04. The first-order valence-corrected chi connectivity index (χ1v) is 11.0. The third-order valence-electron chi connectivity index (χ3n) is 6.52. The van der Waals surface area contributed by atoms with Crippen molar-refractivity contribution in [3.8, 4) is 5.69 Å². The minimum Gasteiger partial charge on any atom is -0.383 e. The Morgan fingerprint density at radius 1 is 1.12 bits per heavy atom. The Kier molecular flexibility index (Phi) is 5.86. The maximum atomic E-state index is 13.3. The summed E-state index contributed by atoms with van der Waals surface area (Å²) in [5.41, 5.74) is 11.7. The molecule has 3 aromatic rings. The van der Waals surface area contributed by atoms with E-state index in [1.54, 1.807) is 14.3 Å². The predicted octanol–water partition coefficient (Wildman–Crippen LogP) is 3.01. The van der Waals surface area contributed by atoms with Crippen LogP contribution >= 0.6 is 0 Å². The molecule has 1 aliphatic rings. The highest BCUT2D eigenvalue weighted by atomic mass is 16.2. The molecule has 1 saturated heterocycles. The van der Waals surface area contributed by atoms with E-state index in [0.29, 0.717) is 24.5 Å². The van der Waals surface area contributed by atoms with Gasteiger partial charge in [0.05, 0.1) is 23.1 Å². The molecule has 2 N–H and O–H groups in total. The standard InChI is InChI=1S/C24H30N6O2/c1-15-7-9-20(10-8-15)30-24(25)21(12-26-30)23(32)19-6-5-11-28(13-19)22(31)14-29-18(4)16(2)17(3)27-29/h7-10,12,19H,5-6,11,13-14,25H2,1-4H3/t19-/m1/s1. The van der Waals surface area contributed by atoms with Gasteiger partial charge < -0.3 is 10.6 Å². The first-order valence-electron chi connectivity index (χ1n) is 11.0. The van der Waals surface area contributed by atoms with Crippen LogP contribution in [0.25, 0.3) is 5.69 Å². The number of nitrogens with two attached hydrogens (primary N) is 1. The summed E-state index contributed by atoms with van der Waals surface area (Å²) in [4.78, 5) is 28.0. The number of nitrogen functional groups attached to an aromatic ring is 1. The molecule has 4 rings (SSSR count). The Hall–Kier alpha value is -3.42. The number of amides is 1. The van der Waals surface area contributed by atoms with Crippen LogP contribution in [0.4, 0.5) is 5.82 Å². The summed E-state index contributed by atoms with van der Waals surface area (Å²) in [7, 11) is 0. The van der Waals surface area contributed by atoms with Crippen molar-refractivity contribution in [2.75, 3.05) is 18.8 Å². The number of benzene rings is 1. The molecule has 1 atom stereocenters. The molecule has 2 aromatic heterocycles. The molecule has 0 unspecified atom stereocenters. The lowest BCUT2D eigenvalue weighted by Crippen LogP contribution is -2.44. The van der Waals surface area contributed by atoms with E-state index in [4.69, 9.17) is 5.73 Å². The van der Waals surface area contributed by atoms with Crippen LogP contribution in [-0.4, -0.2) is 49.2 Å². The molecule has 168 valence electrons. The van der Waals surface area contributed by atoms with Gasteiger partial charge in [-0.1, -0.05) is 17.7 Å². The summed E-state index contributed by atoms with van der Waals surface area (Å²) in [6.45, 7) is 9.17. The molecule has 0 aliphatic carbocycles. The molecule has 1 amide bonds. The normalized spacial score (nSPS) is 16.4. The zero-order valence-electron chi connectivity index (χ0n) is 19.1. The van der Waals surface area contributed by atoms with Gasteiger partial charge in [0.1, 0.15) is 12.4 Å². The summed E-state index contributed by atoms with van der Waals surface area (Å²) in [5.74, 6) is -0.0231. The highest BCUT2D eigenvalue weighted by molar-refractivity contribution is 6.02. The SMILES string of the molecule is Cc1ccc(-n2ncc(C(=O)[C@@H]3CCCN(C(=O)Cn4nc(C)c(C)c4C)C3)c2N)cc1. The number of aromatic nitrogens is 4. The van der Waals surface area contributed by atoms with E-state index < -0.39 is 0 Å². The van der Waals surface area contributed by atoms with Gasteiger partial charge in [0.15, 0.2) is 5.78 Å². The van der Waals surface area contributed by atoms with Crippen LogP contribution in [0.5, 0.6) is 0 Å². The van der Waals surface area contributed by atoms with E-state index in [1.165, 1.54) is 6.20 Å². The number of hydrogen-bond acceptors (Lipinski definition) is 5. The number of rotatable bonds is 5. The molecule has 32 heavy (non-hydrogen) atoms. The van der Waals surface area contributed by atoms with Crippen molar-refractivity contribution in [2.45, 2.75) is 47.1 Å². The lowest BCUT2D eigenvalue weighted by molar-refractivity contribution is -0.133. The largest absolute Gasteiger partial charge is 0.383 e. The van der Waals surface area contributed by atoms with Crippen LogP contribution < -0.4 is 5.73 Å². The van der Waals surface area contributed by atoms with E-state index in [1.807, 2.05) is 52.0 Å². The quantitative estimate of drug-likeness (QED) is 0.623. The van der Waals surface area contributed by atoms with Crippen LogP contribution in [-0.2, 0) is 11.3 Å². The van der Waals surface area contributed by atoms with Gasteiger partial charge in [-0.25, -0.2) is 4.68 Å². The van der Waals surface area contributed by atoms with Crippen LogP contribution in [0.1, 0.15) is 45.7 Å². The van der Waals surface area contributed by atoms with Gasteiger partial charge in [-0.2, -0.15) is 10.2 Å². The van der Waals surface area contributed by atoms with Crippen LogP contribution in [0.15, 0.2) is 30.5 Å². The maximum absolute atomic E-state index is 13.3. The molecule has 1 aromatic carbocycles. The minimum absolute atomic E-state index is 0.0172. The van der Waals surface area contributed by atoms with Crippen molar-refractivity contribution in [2.24, 2.45) is 5.92 Å². The average Bonchev–Trinajstić information content (AvgIpc) is 3.28. The summed E-state index contributed by atoms with van der Waals surface area (Å²) < 4.78 is 3.34. The lowest BCUT2D eigenvalue weighted by atomic mass is 9.90. The first kappa shape index (κ1) is 21.8. The van der Waals surface area contributed by atoms with Gasteiger partial charge in [0.2, 0.25) is 5.91 Å². The zero-order valence-corrected chi connectivity index (χ0v) is 19.1. The van der Waals surface area contributed by atoms with Crippen molar-refractivity contribution in [1.29, 1.82) is 0 Å². The number of likely N-dealkylation sites (tertiary alicyclic amines) is 1. The zero-order chi connectivity index (χ0) is 23.0. The number of piperidine rings is 1. The van der Waals surface area contributed by atoms with Crippen molar-refractivity contribution >= 4 is 17.5 Å². The molecule has 0 radical (unpaired) electrons. The molecule has 0 spiro atoms. The summed E-state index contributed by atoms with van der Waals surface area (Å²) in [6.07, 6.45) is 3.05. The maximum Gasteiger partial charge on any atom is 0.244 e. The van der Waals surface area contributed by atoms with E-state index in [2.05, 4.69) is 10.2 Å². The highest BCUT2D eigenvalue weighted by Crippen LogP contribution is 2.26. The first-order chi connectivity index (χ1) is 15.3. The number of ketones is 1. The van der Waals surface area contributed by atoms with Crippen molar-refractivity contribution in [1.82, 2.24) is 24.5 Å². The highest BCUT2D eigenvalue weighted by Gasteiger charge is 2.31. The summed E-state index contributed by atoms with van der Waals surface area (Å²) in [5, 5.41) is 8.81. The Morgan fingerprint density at radius 3 is 2.50 bits per heavy atom. The molecular formula is C24H30N6O2. The fourth-order valence-electron chi connectivity index (χ4n) is 4.25. The molecule has 1 fully saturated rings. The molecule has 8 nitrogen and oxygen atoms in total. The number of Topliss-reactive ketones (excluding diaryl/α,β-unsaturated/α-hetero) is 1. The van der Waals surface area contributed by atoms with Crippen molar-refractivity contribution in [3.63, 3.8) is 0 Å². The monoisotopic (exact) mass is 434 g/mol. The molecule has 0 bridgehead atoms. The number of aryl methyl sites for hydroxylation is 2. The lowest BCUT2D eigenvalue weighted by Gasteiger charge is -2.32. The van der Waals surface area contributed by atoms with Crippen LogP contribution in [0.2, 0.25) is 0 Å². The van der Waals surface area contributed by atoms with E-state index in [9.17, 15) is 9.59 Å². The molecule has 1 aliphatic heterocycles. The summed E-state index contributed by atoms with van der Waals surface area (Å²) >= 11 is 0. The van der Waals surface area contributed by atoms with Crippen LogP contribution in [0.3, 0.4) is 0 Å². The average molecular weight is 435 g/mol. The fourth-order valence-corrected chi connectivity index (χ4v) is 4.25. The number of nitrogens with zero attached hydrogens (tertiary/aromatic N) is 5. The smallest absolute Gasteiger partial charge is 0.244 e. The van der Waals surface area contributed by atoms with Gasteiger partial charge >= 0.3 is 0 Å². The van der Waals surface area contributed by atoms with Gasteiger partial charge in [0.25, 0.3) is 0 Å². The second-order valence-corrected chi connectivity index (χ2v) is 8.69. The second-order valence-electron chi connectivity index (χ2n) is 8.69. The molecular weight excluding hydrogens is 404 g/mol. The summed E-state index contributed by atoms with van der Waals surface area (Å²) in [6, 6.07) is 7.81. The van der Waals surface area contributed by atoms with Gasteiger partial charge in [0, 0.05) is 24.7 Å². The van der Waals surface area contributed by atoms with Crippen molar-refractivity contribution < 1.29 is 9.59 Å². The molecule has 0 saturated carbocycles. The van der Waals surface area contributed by atoms with Crippen molar-refractivity contribution in [3.05, 3.63) is 58.5 Å². The number of carbonyl (C=O) groups excluding carboxylic acids is 2. The topological polar surface area (TPSA) is 99.0 Å². The molecule has 8 heteroatoms. The Bertz CT molecular complexity index is 1160. The Morgan fingerprint density at radius 2 is 1.84 bits per heavy atom. The van der Waals surface area contributed by atoms with E-state index >= 15 is 0 Å². The van der Waals surface area contributed by atoms with Gasteiger partial charge in [-0.15, -0.1) is 0 Å². The third-order valence-corrected chi connectivity index (χ3v) is 6.52. The Labute approximate surface area is 188 Å². The predicted molar refractivity (Wildman–Crippen MR) is 123 cm³/mol. The van der Waals surface area contributed by atoms with Crippen LogP contribution in [0, 0.1) is 33.6 Å². The van der Waals surface area contributed by atoms with Gasteiger partial charge in [-0.05, 0) is 58.2 Å². The van der Waals surface area contributed by atoms with E-state index in [-0.39, 0.29) is 24.2 Å². The number of carbonyl (C=O) groups is 2. The fraction of sp³-hybridized carbons (Fsp3) is 0.417. The van der Waals surface area contributed by atoms with Gasteiger partial charge in [-0.3, -0.25) is 14.3 Å². The Balaban J connectivity index is 1.47.